The van der Waals surface area contributed by atoms with Crippen LogP contribution in [0.1, 0.15) is 37.5 Å². The Morgan fingerprint density at radius 2 is 1.50 bits per heavy atom. The molecule has 0 atom stereocenters. The Labute approximate surface area is 139 Å². The van der Waals surface area contributed by atoms with E-state index in [9.17, 15) is 13.2 Å². The van der Waals surface area contributed by atoms with Gasteiger partial charge in [0, 0.05) is 10.9 Å². The van der Waals surface area contributed by atoms with E-state index in [0.29, 0.717) is 0 Å². The molecule has 3 aromatic rings. The van der Waals surface area contributed by atoms with Crippen LogP contribution in [-0.2, 0) is 11.6 Å². The summed E-state index contributed by atoms with van der Waals surface area (Å²) < 4.78 is 38.4. The molecule has 0 amide bonds. The highest BCUT2D eigenvalue weighted by atomic mass is 19.4. The summed E-state index contributed by atoms with van der Waals surface area (Å²) >= 11 is 0. The maximum absolute atomic E-state index is 12.8. The third-order valence-corrected chi connectivity index (χ3v) is 4.28. The molecule has 24 heavy (non-hydrogen) atoms. The van der Waals surface area contributed by atoms with Gasteiger partial charge in [0.05, 0.1) is 11.3 Å². The molecule has 1 heterocycles. The molecule has 0 spiro atoms. The molecular weight excluding hydrogens is 311 g/mol. The maximum atomic E-state index is 12.8. The molecule has 4 heteroatoms. The predicted octanol–water partition coefficient (Wildman–Crippen LogP) is 6.46. The van der Waals surface area contributed by atoms with Crippen LogP contribution in [0.3, 0.4) is 0 Å². The van der Waals surface area contributed by atoms with Gasteiger partial charge in [0.1, 0.15) is 0 Å². The highest BCUT2D eigenvalue weighted by Crippen LogP contribution is 2.40. The Bertz CT molecular complexity index is 878. The predicted molar refractivity (Wildman–Crippen MR) is 92.2 cm³/mol. The molecule has 126 valence electrons. The molecule has 0 bridgehead atoms. The van der Waals surface area contributed by atoms with Gasteiger partial charge in [-0.3, -0.25) is 0 Å². The second-order valence-electron chi connectivity index (χ2n) is 7.20. The summed E-state index contributed by atoms with van der Waals surface area (Å²) in [5, 5.41) is 1.15. The van der Waals surface area contributed by atoms with Gasteiger partial charge in [0.15, 0.2) is 0 Å². The van der Waals surface area contributed by atoms with Crippen LogP contribution in [-0.4, -0.2) is 4.98 Å². The van der Waals surface area contributed by atoms with Gasteiger partial charge in [-0.1, -0.05) is 45.0 Å². The number of fused-ring (bicyclic) bond motifs is 1. The molecule has 0 aliphatic heterocycles. The Hall–Kier alpha value is -2.23. The first kappa shape index (κ1) is 16.6. The minimum absolute atomic E-state index is 0.137. The van der Waals surface area contributed by atoms with Crippen molar-refractivity contribution in [3.63, 3.8) is 0 Å². The molecule has 0 radical (unpaired) electrons. The van der Waals surface area contributed by atoms with Gasteiger partial charge in [0.2, 0.25) is 0 Å². The monoisotopic (exact) mass is 331 g/mol. The summed E-state index contributed by atoms with van der Waals surface area (Å²) in [5.74, 6) is 0. The summed E-state index contributed by atoms with van der Waals surface area (Å²) in [6.07, 6.45) is -4.32. The summed E-state index contributed by atoms with van der Waals surface area (Å²) in [6, 6.07) is 11.4. The molecule has 0 aliphatic rings. The fourth-order valence-corrected chi connectivity index (χ4v) is 3.22. The van der Waals surface area contributed by atoms with Crippen LogP contribution in [0.5, 0.6) is 0 Å². The van der Waals surface area contributed by atoms with E-state index in [2.05, 4.69) is 38.7 Å². The van der Waals surface area contributed by atoms with Crippen molar-refractivity contribution in [2.75, 3.05) is 0 Å². The number of hydrogen-bond acceptors (Lipinski definition) is 0. The minimum atomic E-state index is -4.32. The van der Waals surface area contributed by atoms with E-state index in [1.54, 1.807) is 0 Å². The van der Waals surface area contributed by atoms with Crippen molar-refractivity contribution in [1.82, 2.24) is 4.98 Å². The zero-order chi connectivity index (χ0) is 17.7. The number of halogens is 3. The number of rotatable bonds is 1. The standard InChI is InChI=1S/C20H20F3N/c1-12-6-5-7-15-16(12)17(19(2,3)4)18(24-15)13-8-10-14(11-9-13)20(21,22)23/h5-11,24H,1-4H3. The van der Waals surface area contributed by atoms with Crippen molar-refractivity contribution in [1.29, 1.82) is 0 Å². The highest BCUT2D eigenvalue weighted by Gasteiger charge is 2.30. The summed E-state index contributed by atoms with van der Waals surface area (Å²) in [5.41, 5.74) is 4.19. The van der Waals surface area contributed by atoms with Crippen molar-refractivity contribution < 1.29 is 13.2 Å². The molecular formula is C20H20F3N. The molecule has 1 N–H and O–H groups in total. The Kier molecular flexibility index (Phi) is 3.74. The minimum Gasteiger partial charge on any atom is -0.354 e. The Morgan fingerprint density at radius 3 is 2.04 bits per heavy atom. The number of H-pyrrole nitrogens is 1. The molecule has 0 saturated carbocycles. The van der Waals surface area contributed by atoms with Crippen molar-refractivity contribution in [3.05, 3.63) is 59.2 Å². The zero-order valence-electron chi connectivity index (χ0n) is 14.2. The first-order chi connectivity index (χ1) is 11.1. The molecule has 0 fully saturated rings. The molecule has 1 aromatic heterocycles. The van der Waals surface area contributed by atoms with Crippen LogP contribution in [0.4, 0.5) is 13.2 Å². The molecule has 0 aliphatic carbocycles. The Balaban J connectivity index is 2.25. The van der Waals surface area contributed by atoms with E-state index in [4.69, 9.17) is 0 Å². The van der Waals surface area contributed by atoms with Gasteiger partial charge < -0.3 is 4.98 Å². The number of alkyl halides is 3. The van der Waals surface area contributed by atoms with Gasteiger partial charge in [-0.25, -0.2) is 0 Å². The average molecular weight is 331 g/mol. The van der Waals surface area contributed by atoms with Crippen LogP contribution in [0, 0.1) is 6.92 Å². The largest absolute Gasteiger partial charge is 0.416 e. The molecule has 0 saturated heterocycles. The van der Waals surface area contributed by atoms with E-state index in [0.717, 1.165) is 45.4 Å². The van der Waals surface area contributed by atoms with Gasteiger partial charge >= 0.3 is 6.18 Å². The summed E-state index contributed by atoms with van der Waals surface area (Å²) in [4.78, 5) is 3.40. The topological polar surface area (TPSA) is 15.8 Å². The molecule has 0 unspecified atom stereocenters. The van der Waals surface area contributed by atoms with Crippen LogP contribution >= 0.6 is 0 Å². The highest BCUT2D eigenvalue weighted by molar-refractivity contribution is 5.94. The smallest absolute Gasteiger partial charge is 0.354 e. The summed E-state index contributed by atoms with van der Waals surface area (Å²) in [7, 11) is 0. The first-order valence-corrected chi connectivity index (χ1v) is 7.88. The van der Waals surface area contributed by atoms with Crippen molar-refractivity contribution in [2.45, 2.75) is 39.3 Å². The van der Waals surface area contributed by atoms with Gasteiger partial charge in [0.25, 0.3) is 0 Å². The fraction of sp³-hybridized carbons (Fsp3) is 0.300. The lowest BCUT2D eigenvalue weighted by Gasteiger charge is -2.21. The second kappa shape index (κ2) is 5.40. The average Bonchev–Trinajstić information content (AvgIpc) is 2.87. The maximum Gasteiger partial charge on any atom is 0.416 e. The second-order valence-corrected chi connectivity index (χ2v) is 7.20. The quantitative estimate of drug-likeness (QED) is 0.527. The number of aromatic amines is 1. The lowest BCUT2D eigenvalue weighted by Crippen LogP contribution is -2.12. The Morgan fingerprint density at radius 1 is 0.875 bits per heavy atom. The molecule has 2 aromatic carbocycles. The van der Waals surface area contributed by atoms with E-state index in [1.807, 2.05) is 12.1 Å². The van der Waals surface area contributed by atoms with Gasteiger partial charge in [-0.15, -0.1) is 0 Å². The van der Waals surface area contributed by atoms with Crippen LogP contribution < -0.4 is 0 Å². The normalized spacial score (nSPS) is 12.8. The van der Waals surface area contributed by atoms with E-state index in [-0.39, 0.29) is 5.41 Å². The molecule has 3 rings (SSSR count). The van der Waals surface area contributed by atoms with Crippen LogP contribution in [0.25, 0.3) is 22.2 Å². The van der Waals surface area contributed by atoms with Gasteiger partial charge in [-0.2, -0.15) is 13.2 Å². The van der Waals surface area contributed by atoms with E-state index < -0.39 is 11.7 Å². The third kappa shape index (κ3) is 2.81. The SMILES string of the molecule is Cc1cccc2[nH]c(-c3ccc(C(F)(F)F)cc3)c(C(C)(C)C)c12. The van der Waals surface area contributed by atoms with Crippen LogP contribution in [0.2, 0.25) is 0 Å². The number of hydrogen-bond donors (Lipinski definition) is 1. The lowest BCUT2D eigenvalue weighted by atomic mass is 9.82. The van der Waals surface area contributed by atoms with Gasteiger partial charge in [-0.05, 0) is 47.2 Å². The van der Waals surface area contributed by atoms with E-state index in [1.165, 1.54) is 12.1 Å². The summed E-state index contributed by atoms with van der Waals surface area (Å²) in [6.45, 7) is 8.42. The number of aromatic nitrogens is 1. The van der Waals surface area contributed by atoms with E-state index >= 15 is 0 Å². The number of aryl methyl sites for hydroxylation is 1. The number of nitrogens with one attached hydrogen (secondary N) is 1. The van der Waals surface area contributed by atoms with Crippen molar-refractivity contribution >= 4 is 10.9 Å². The van der Waals surface area contributed by atoms with Crippen LogP contribution in [0.15, 0.2) is 42.5 Å². The fourth-order valence-electron chi connectivity index (χ4n) is 3.22. The first-order valence-electron chi connectivity index (χ1n) is 7.88. The lowest BCUT2D eigenvalue weighted by molar-refractivity contribution is -0.137. The zero-order valence-corrected chi connectivity index (χ0v) is 14.2. The molecule has 1 nitrogen and oxygen atoms in total. The third-order valence-electron chi connectivity index (χ3n) is 4.28. The van der Waals surface area contributed by atoms with Crippen molar-refractivity contribution in [2.24, 2.45) is 0 Å². The number of benzene rings is 2. The van der Waals surface area contributed by atoms with Crippen molar-refractivity contribution in [3.8, 4) is 11.3 Å².